The van der Waals surface area contributed by atoms with Crippen molar-refractivity contribution >= 4 is 46.3 Å². The van der Waals surface area contributed by atoms with Crippen molar-refractivity contribution in [2.75, 3.05) is 17.3 Å². The van der Waals surface area contributed by atoms with Gasteiger partial charge in [-0.25, -0.2) is 14.2 Å². The van der Waals surface area contributed by atoms with E-state index in [9.17, 15) is 19.1 Å². The number of fused-ring (bicyclic) bond motifs is 2. The fourth-order valence-electron chi connectivity index (χ4n) is 4.01. The maximum atomic E-state index is 13.8. The number of methoxy groups -OCH3 is 1. The molecule has 0 saturated carbocycles. The summed E-state index contributed by atoms with van der Waals surface area (Å²) in [5, 5.41) is 14.3. The van der Waals surface area contributed by atoms with Crippen LogP contribution in [0.2, 0.25) is 5.02 Å². The second-order valence-electron chi connectivity index (χ2n) is 7.39. The molecule has 2 amide bonds. The summed E-state index contributed by atoms with van der Waals surface area (Å²) in [6, 6.07) is 15.4. The molecule has 4 aromatic rings. The molecule has 1 aromatic heterocycles. The minimum Gasteiger partial charge on any atom is -0.453 e. The first kappa shape index (κ1) is 20.9. The van der Waals surface area contributed by atoms with Crippen molar-refractivity contribution in [3.63, 3.8) is 0 Å². The number of anilines is 2. The Hall–Kier alpha value is -3.95. The number of aliphatic hydroxyl groups is 1. The highest BCUT2D eigenvalue weighted by molar-refractivity contribution is 6.31. The fraction of sp³-hybridized carbons (Fsp3) is 0.0870. The Morgan fingerprint density at radius 2 is 2.00 bits per heavy atom. The number of carbonyl (C=O) groups excluding carboxylic acids is 2. The molecular weight excluding hydrogens is 451 g/mol. The quantitative estimate of drug-likeness (QED) is 0.415. The third kappa shape index (κ3) is 3.21. The molecule has 0 spiro atoms. The molecule has 3 N–H and O–H groups in total. The minimum absolute atomic E-state index is 0.158. The largest absolute Gasteiger partial charge is 0.453 e. The normalized spacial score (nSPS) is 17.3. The lowest BCUT2D eigenvalue weighted by molar-refractivity contribution is 0.0704. The molecule has 5 rings (SSSR count). The van der Waals surface area contributed by atoms with E-state index >= 15 is 0 Å². The van der Waals surface area contributed by atoms with Crippen LogP contribution in [0.15, 0.2) is 60.7 Å². The van der Waals surface area contributed by atoms with E-state index in [2.05, 4.69) is 20.0 Å². The van der Waals surface area contributed by atoms with Crippen molar-refractivity contribution < 1.29 is 23.8 Å². The molecule has 0 fully saturated rings. The number of benzene rings is 3. The highest BCUT2D eigenvalue weighted by Crippen LogP contribution is 2.45. The molecule has 1 aliphatic rings. The summed E-state index contributed by atoms with van der Waals surface area (Å²) in [5.41, 5.74) is 0.346. The lowest BCUT2D eigenvalue weighted by Crippen LogP contribution is -2.45. The molecule has 2 heterocycles. The smallest absolute Gasteiger partial charge is 0.413 e. The van der Waals surface area contributed by atoms with Gasteiger partial charge in [0.25, 0.3) is 5.91 Å². The molecule has 1 unspecified atom stereocenters. The van der Waals surface area contributed by atoms with Crippen LogP contribution in [0.25, 0.3) is 11.0 Å². The number of ether oxygens (including phenoxy) is 1. The van der Waals surface area contributed by atoms with Gasteiger partial charge < -0.3 is 14.8 Å². The molecule has 0 bridgehead atoms. The van der Waals surface area contributed by atoms with E-state index in [0.29, 0.717) is 27.7 Å². The van der Waals surface area contributed by atoms with E-state index in [0.717, 1.165) is 6.07 Å². The van der Waals surface area contributed by atoms with Gasteiger partial charge in [0.15, 0.2) is 5.72 Å². The maximum Gasteiger partial charge on any atom is 0.413 e. The molecule has 8 nitrogen and oxygen atoms in total. The van der Waals surface area contributed by atoms with Gasteiger partial charge in [-0.2, -0.15) is 0 Å². The average molecular weight is 467 g/mol. The van der Waals surface area contributed by atoms with Gasteiger partial charge in [-0.1, -0.05) is 35.9 Å². The summed E-state index contributed by atoms with van der Waals surface area (Å²) in [4.78, 5) is 33.2. The Morgan fingerprint density at radius 3 is 2.76 bits per heavy atom. The molecular formula is C23H16ClFN4O4. The fourth-order valence-corrected chi connectivity index (χ4v) is 4.18. The van der Waals surface area contributed by atoms with Gasteiger partial charge in [-0.05, 0) is 36.4 Å². The van der Waals surface area contributed by atoms with Crippen LogP contribution in [0.5, 0.6) is 0 Å². The van der Waals surface area contributed by atoms with E-state index in [4.69, 9.17) is 11.6 Å². The Labute approximate surface area is 191 Å². The molecule has 1 aliphatic heterocycles. The average Bonchev–Trinajstić information content (AvgIpc) is 3.32. The standard InChI is InChI=1S/C23H16ClFN4O4/c1-33-22(31)28-21-26-18-9-6-12(10-19(18)27-21)23(32)15-5-3-2-4-14(15)20(30)29(23)13-7-8-17(25)16(24)11-13/h2-11,32H,1H3,(H2,26,27,28,31). The summed E-state index contributed by atoms with van der Waals surface area (Å²) in [6.07, 6.45) is -0.692. The third-order valence-corrected chi connectivity index (χ3v) is 5.80. The zero-order valence-corrected chi connectivity index (χ0v) is 17.9. The van der Waals surface area contributed by atoms with E-state index in [-0.39, 0.29) is 16.7 Å². The number of amides is 2. The van der Waals surface area contributed by atoms with E-state index in [1.807, 2.05) is 0 Å². The summed E-state index contributed by atoms with van der Waals surface area (Å²) in [7, 11) is 1.23. The van der Waals surface area contributed by atoms with Crippen molar-refractivity contribution in [1.29, 1.82) is 0 Å². The van der Waals surface area contributed by atoms with Gasteiger partial charge in [0.1, 0.15) is 5.82 Å². The summed E-state index contributed by atoms with van der Waals surface area (Å²) in [6.45, 7) is 0. The Kier molecular flexibility index (Phi) is 4.80. The number of halogens is 2. The maximum absolute atomic E-state index is 13.8. The van der Waals surface area contributed by atoms with Crippen molar-refractivity contribution in [3.05, 3.63) is 88.2 Å². The molecule has 0 saturated heterocycles. The van der Waals surface area contributed by atoms with Crippen molar-refractivity contribution in [2.24, 2.45) is 0 Å². The van der Waals surface area contributed by atoms with Crippen LogP contribution in [0, 0.1) is 5.82 Å². The van der Waals surface area contributed by atoms with Crippen LogP contribution in [0.1, 0.15) is 21.5 Å². The Morgan fingerprint density at radius 1 is 1.21 bits per heavy atom. The first-order valence-corrected chi connectivity index (χ1v) is 10.2. The number of nitrogens with one attached hydrogen (secondary N) is 2. The van der Waals surface area contributed by atoms with Crippen LogP contribution in [0.3, 0.4) is 0 Å². The zero-order chi connectivity index (χ0) is 23.3. The zero-order valence-electron chi connectivity index (χ0n) is 17.1. The topological polar surface area (TPSA) is 108 Å². The predicted molar refractivity (Wildman–Crippen MR) is 120 cm³/mol. The molecule has 3 aromatic carbocycles. The molecule has 10 heteroatoms. The summed E-state index contributed by atoms with van der Waals surface area (Å²) >= 11 is 5.97. The van der Waals surface area contributed by atoms with Gasteiger partial charge in [-0.3, -0.25) is 15.0 Å². The molecule has 0 radical (unpaired) electrons. The SMILES string of the molecule is COC(=O)Nc1nc2ccc(C3(O)c4ccccc4C(=O)N3c3ccc(F)c(Cl)c3)cc2[nH]1. The summed E-state index contributed by atoms with van der Waals surface area (Å²) < 4.78 is 18.4. The number of aromatic amines is 1. The van der Waals surface area contributed by atoms with Crippen LogP contribution >= 0.6 is 11.6 Å². The van der Waals surface area contributed by atoms with E-state index < -0.39 is 23.5 Å². The number of hydrogen-bond acceptors (Lipinski definition) is 5. The predicted octanol–water partition coefficient (Wildman–Crippen LogP) is 4.39. The number of imidazole rings is 1. The number of aromatic nitrogens is 2. The number of carbonyl (C=O) groups is 2. The van der Waals surface area contributed by atoms with E-state index in [1.54, 1.807) is 42.5 Å². The Balaban J connectivity index is 1.68. The van der Waals surface area contributed by atoms with Crippen LogP contribution < -0.4 is 10.2 Å². The monoisotopic (exact) mass is 466 g/mol. The first-order chi connectivity index (χ1) is 15.8. The highest BCUT2D eigenvalue weighted by atomic mass is 35.5. The highest BCUT2D eigenvalue weighted by Gasteiger charge is 2.50. The van der Waals surface area contributed by atoms with E-state index in [1.165, 1.54) is 24.1 Å². The van der Waals surface area contributed by atoms with Crippen LogP contribution in [-0.2, 0) is 10.5 Å². The van der Waals surface area contributed by atoms with Crippen molar-refractivity contribution in [3.8, 4) is 0 Å². The lowest BCUT2D eigenvalue weighted by Gasteiger charge is -2.35. The number of rotatable bonds is 3. The minimum atomic E-state index is -1.91. The molecule has 33 heavy (non-hydrogen) atoms. The number of H-pyrrole nitrogens is 1. The van der Waals surface area contributed by atoms with Crippen molar-refractivity contribution in [1.82, 2.24) is 9.97 Å². The lowest BCUT2D eigenvalue weighted by atomic mass is 9.93. The molecule has 166 valence electrons. The van der Waals surface area contributed by atoms with Gasteiger partial charge in [-0.15, -0.1) is 0 Å². The molecule has 0 aliphatic carbocycles. The first-order valence-electron chi connectivity index (χ1n) is 9.79. The van der Waals surface area contributed by atoms with Crippen LogP contribution in [0.4, 0.5) is 20.8 Å². The van der Waals surface area contributed by atoms with Gasteiger partial charge >= 0.3 is 6.09 Å². The van der Waals surface area contributed by atoms with Crippen molar-refractivity contribution in [2.45, 2.75) is 5.72 Å². The van der Waals surface area contributed by atoms with Gasteiger partial charge in [0.2, 0.25) is 5.95 Å². The second kappa shape index (κ2) is 7.58. The summed E-state index contributed by atoms with van der Waals surface area (Å²) in [5.74, 6) is -0.947. The van der Waals surface area contributed by atoms with Gasteiger partial charge in [0.05, 0.1) is 23.2 Å². The second-order valence-corrected chi connectivity index (χ2v) is 7.80. The molecule has 1 atom stereocenters. The van der Waals surface area contributed by atoms with Crippen LogP contribution in [-0.4, -0.2) is 34.2 Å². The number of nitrogens with zero attached hydrogens (tertiary/aromatic N) is 2. The third-order valence-electron chi connectivity index (χ3n) is 5.51. The Bertz CT molecular complexity index is 1440. The number of hydrogen-bond donors (Lipinski definition) is 3. The van der Waals surface area contributed by atoms with Gasteiger partial charge in [0, 0.05) is 22.4 Å².